The molecule has 2 aliphatic carbocycles. The zero-order valence-corrected chi connectivity index (χ0v) is 7.96. The Morgan fingerprint density at radius 3 is 2.00 bits per heavy atom. The molecule has 2 nitrogen and oxygen atoms in total. The molecule has 2 heteroatoms. The van der Waals surface area contributed by atoms with Gasteiger partial charge in [0.1, 0.15) is 0 Å². The summed E-state index contributed by atoms with van der Waals surface area (Å²) >= 11 is 0. The van der Waals surface area contributed by atoms with Crippen LogP contribution in [0.2, 0.25) is 0 Å². The van der Waals surface area contributed by atoms with Crippen molar-refractivity contribution in [2.75, 3.05) is 0 Å². The molecule has 2 atom stereocenters. The summed E-state index contributed by atoms with van der Waals surface area (Å²) in [5, 5.41) is 3.10. The van der Waals surface area contributed by atoms with Gasteiger partial charge in [0, 0.05) is 6.04 Å². The lowest BCUT2D eigenvalue weighted by molar-refractivity contribution is -0.143. The maximum absolute atomic E-state index is 11.4. The van der Waals surface area contributed by atoms with Crippen LogP contribution < -0.4 is 5.32 Å². The molecule has 3 fully saturated rings. The highest BCUT2D eigenvalue weighted by Crippen LogP contribution is 2.44. The van der Waals surface area contributed by atoms with Gasteiger partial charge in [0.15, 0.2) is 0 Å². The van der Waals surface area contributed by atoms with Crippen molar-refractivity contribution in [3.8, 4) is 0 Å². The van der Waals surface area contributed by atoms with Crippen LogP contribution in [0.4, 0.5) is 0 Å². The van der Waals surface area contributed by atoms with Crippen LogP contribution in [0.1, 0.15) is 38.5 Å². The Bertz CT molecular complexity index is 230. The van der Waals surface area contributed by atoms with Crippen LogP contribution in [0.25, 0.3) is 0 Å². The van der Waals surface area contributed by atoms with Crippen molar-refractivity contribution < 1.29 is 4.79 Å². The highest BCUT2D eigenvalue weighted by Gasteiger charge is 2.50. The predicted octanol–water partition coefficient (Wildman–Crippen LogP) is 1.70. The third-order valence-corrected chi connectivity index (χ3v) is 4.31. The molecular weight excluding hydrogens is 162 g/mol. The van der Waals surface area contributed by atoms with Gasteiger partial charge in [0.2, 0.25) is 5.91 Å². The highest BCUT2D eigenvalue weighted by molar-refractivity contribution is 5.86. The number of carbonyl (C=O) groups excluding carboxylic acids is 1. The second-order valence-electron chi connectivity index (χ2n) is 4.94. The molecule has 1 amide bonds. The molecule has 72 valence electrons. The van der Waals surface area contributed by atoms with Gasteiger partial charge in [-0.05, 0) is 37.5 Å². The molecule has 13 heavy (non-hydrogen) atoms. The van der Waals surface area contributed by atoms with E-state index in [0.717, 1.165) is 11.8 Å². The summed E-state index contributed by atoms with van der Waals surface area (Å²) in [4.78, 5) is 11.4. The Labute approximate surface area is 79.1 Å². The van der Waals surface area contributed by atoms with Crippen LogP contribution in [0.15, 0.2) is 0 Å². The quantitative estimate of drug-likeness (QED) is 0.642. The minimum absolute atomic E-state index is 0.349. The summed E-state index contributed by atoms with van der Waals surface area (Å²) in [6, 6.07) is 0.576. The molecule has 3 rings (SSSR count). The van der Waals surface area contributed by atoms with Gasteiger partial charge in [-0.3, -0.25) is 4.79 Å². The first-order valence-corrected chi connectivity index (χ1v) is 5.66. The Balaban J connectivity index is 1.65. The molecule has 1 heterocycles. The SMILES string of the molecule is O=C1NC(C2CCC2)C1C1CCC1. The van der Waals surface area contributed by atoms with E-state index in [-0.39, 0.29) is 0 Å². The van der Waals surface area contributed by atoms with E-state index in [1.165, 1.54) is 38.5 Å². The number of carbonyl (C=O) groups is 1. The summed E-state index contributed by atoms with van der Waals surface area (Å²) < 4.78 is 0. The van der Waals surface area contributed by atoms with E-state index in [1.54, 1.807) is 0 Å². The topological polar surface area (TPSA) is 29.1 Å². The molecule has 0 aromatic carbocycles. The molecule has 2 saturated carbocycles. The van der Waals surface area contributed by atoms with Gasteiger partial charge in [0.25, 0.3) is 0 Å². The number of nitrogens with one attached hydrogen (secondary N) is 1. The fraction of sp³-hybridized carbons (Fsp3) is 0.909. The van der Waals surface area contributed by atoms with Crippen molar-refractivity contribution in [2.24, 2.45) is 17.8 Å². The normalized spacial score (nSPS) is 40.2. The van der Waals surface area contributed by atoms with Gasteiger partial charge in [0.05, 0.1) is 5.92 Å². The van der Waals surface area contributed by atoms with Crippen LogP contribution in [-0.2, 0) is 4.79 Å². The van der Waals surface area contributed by atoms with Crippen molar-refractivity contribution in [1.29, 1.82) is 0 Å². The molecule has 1 saturated heterocycles. The molecule has 2 unspecified atom stereocenters. The predicted molar refractivity (Wildman–Crippen MR) is 50.1 cm³/mol. The average molecular weight is 179 g/mol. The largest absolute Gasteiger partial charge is 0.352 e. The number of amides is 1. The Kier molecular flexibility index (Phi) is 1.64. The third kappa shape index (κ3) is 1.04. The first kappa shape index (κ1) is 7.84. The first-order valence-electron chi connectivity index (χ1n) is 5.66. The molecule has 0 aromatic rings. The lowest BCUT2D eigenvalue weighted by atomic mass is 9.62. The van der Waals surface area contributed by atoms with E-state index in [9.17, 15) is 4.79 Å². The molecule has 3 aliphatic rings. The van der Waals surface area contributed by atoms with Crippen LogP contribution in [0.3, 0.4) is 0 Å². The Morgan fingerprint density at radius 2 is 1.62 bits per heavy atom. The van der Waals surface area contributed by atoms with E-state index < -0.39 is 0 Å². The molecule has 0 bridgehead atoms. The minimum atomic E-state index is 0.349. The number of β-lactam (4-membered cyclic amide) rings is 1. The third-order valence-electron chi connectivity index (χ3n) is 4.31. The summed E-state index contributed by atoms with van der Waals surface area (Å²) in [5.74, 6) is 2.35. The number of hydrogen-bond donors (Lipinski definition) is 1. The van der Waals surface area contributed by atoms with Crippen molar-refractivity contribution in [3.05, 3.63) is 0 Å². The fourth-order valence-electron chi connectivity index (χ4n) is 2.93. The summed E-state index contributed by atoms with van der Waals surface area (Å²) in [5.41, 5.74) is 0. The number of rotatable bonds is 2. The Hall–Kier alpha value is -0.530. The molecule has 1 N–H and O–H groups in total. The van der Waals surface area contributed by atoms with Gasteiger partial charge in [-0.15, -0.1) is 0 Å². The summed E-state index contributed by atoms with van der Waals surface area (Å²) in [7, 11) is 0. The van der Waals surface area contributed by atoms with E-state index in [0.29, 0.717) is 17.9 Å². The second kappa shape index (κ2) is 2.73. The minimum Gasteiger partial charge on any atom is -0.352 e. The maximum Gasteiger partial charge on any atom is 0.225 e. The maximum atomic E-state index is 11.4. The van der Waals surface area contributed by atoms with Crippen LogP contribution >= 0.6 is 0 Å². The van der Waals surface area contributed by atoms with Crippen molar-refractivity contribution >= 4 is 5.91 Å². The van der Waals surface area contributed by atoms with Crippen molar-refractivity contribution in [1.82, 2.24) is 5.32 Å². The monoisotopic (exact) mass is 179 g/mol. The van der Waals surface area contributed by atoms with Gasteiger partial charge in [-0.25, -0.2) is 0 Å². The first-order chi connectivity index (χ1) is 6.36. The Morgan fingerprint density at radius 1 is 1.00 bits per heavy atom. The number of hydrogen-bond acceptors (Lipinski definition) is 1. The summed E-state index contributed by atoms with van der Waals surface area (Å²) in [6.07, 6.45) is 8.06. The zero-order chi connectivity index (χ0) is 8.84. The fourth-order valence-corrected chi connectivity index (χ4v) is 2.93. The standard InChI is InChI=1S/C11H17NO/c13-11-9(7-3-1-4-7)10(12-11)8-5-2-6-8/h7-10H,1-6H2,(H,12,13). The second-order valence-corrected chi connectivity index (χ2v) is 4.94. The van der Waals surface area contributed by atoms with Gasteiger partial charge in [-0.2, -0.15) is 0 Å². The van der Waals surface area contributed by atoms with Crippen LogP contribution in [-0.4, -0.2) is 11.9 Å². The van der Waals surface area contributed by atoms with E-state index in [4.69, 9.17) is 0 Å². The van der Waals surface area contributed by atoms with Gasteiger partial charge < -0.3 is 5.32 Å². The van der Waals surface area contributed by atoms with E-state index >= 15 is 0 Å². The van der Waals surface area contributed by atoms with E-state index in [2.05, 4.69) is 5.32 Å². The van der Waals surface area contributed by atoms with Crippen LogP contribution in [0.5, 0.6) is 0 Å². The molecule has 0 spiro atoms. The average Bonchev–Trinajstić information content (AvgIpc) is 1.92. The van der Waals surface area contributed by atoms with E-state index in [1.807, 2.05) is 0 Å². The van der Waals surface area contributed by atoms with Gasteiger partial charge in [-0.1, -0.05) is 12.8 Å². The highest BCUT2D eigenvalue weighted by atomic mass is 16.2. The lowest BCUT2D eigenvalue weighted by Gasteiger charge is -2.50. The van der Waals surface area contributed by atoms with Crippen molar-refractivity contribution in [3.63, 3.8) is 0 Å². The smallest absolute Gasteiger partial charge is 0.225 e. The van der Waals surface area contributed by atoms with Crippen molar-refractivity contribution in [2.45, 2.75) is 44.6 Å². The molecule has 0 aromatic heterocycles. The van der Waals surface area contributed by atoms with Crippen LogP contribution in [0, 0.1) is 17.8 Å². The lowest BCUT2D eigenvalue weighted by Crippen LogP contribution is -2.65. The molecule has 0 radical (unpaired) electrons. The summed E-state index contributed by atoms with van der Waals surface area (Å²) in [6.45, 7) is 0. The van der Waals surface area contributed by atoms with Gasteiger partial charge >= 0.3 is 0 Å². The molecular formula is C11H17NO. The molecule has 1 aliphatic heterocycles. The zero-order valence-electron chi connectivity index (χ0n) is 7.96.